The minimum Gasteiger partial charge on any atom is -0.172 e. The molecule has 0 aliphatic rings. The zero-order valence-corrected chi connectivity index (χ0v) is 11.3. The van der Waals surface area contributed by atoms with Gasteiger partial charge in [-0.05, 0) is 11.1 Å². The summed E-state index contributed by atoms with van der Waals surface area (Å²) in [6.45, 7) is 0. The van der Waals surface area contributed by atoms with Crippen LogP contribution < -0.4 is 14.1 Å². The van der Waals surface area contributed by atoms with Gasteiger partial charge in [-0.25, -0.2) is 0 Å². The maximum Gasteiger partial charge on any atom is 0.661 e. The molecule has 0 aliphatic heterocycles. The zero-order valence-electron chi connectivity index (χ0n) is 11.3. The SMILES string of the molecule is O=C(O[n+]1ccc(-c2ccccc2)cc1)[n+]1ccccc1. The molecule has 0 aliphatic carbocycles. The van der Waals surface area contributed by atoms with E-state index in [2.05, 4.69) is 0 Å². The first-order valence-electron chi connectivity index (χ1n) is 6.59. The van der Waals surface area contributed by atoms with E-state index < -0.39 is 6.09 Å². The van der Waals surface area contributed by atoms with Crippen molar-refractivity contribution in [1.82, 2.24) is 0 Å². The van der Waals surface area contributed by atoms with Gasteiger partial charge in [0.1, 0.15) is 0 Å². The molecule has 0 bridgehead atoms. The van der Waals surface area contributed by atoms with Gasteiger partial charge in [-0.2, -0.15) is 4.79 Å². The van der Waals surface area contributed by atoms with E-state index in [0.717, 1.165) is 11.1 Å². The van der Waals surface area contributed by atoms with E-state index in [-0.39, 0.29) is 0 Å². The summed E-state index contributed by atoms with van der Waals surface area (Å²) in [7, 11) is 0. The van der Waals surface area contributed by atoms with Crippen LogP contribution in [0.2, 0.25) is 0 Å². The lowest BCUT2D eigenvalue weighted by molar-refractivity contribution is -0.884. The number of nitrogens with zero attached hydrogens (tertiary/aromatic N) is 2. The Hall–Kier alpha value is -3.01. The smallest absolute Gasteiger partial charge is 0.172 e. The van der Waals surface area contributed by atoms with Gasteiger partial charge < -0.3 is 0 Å². The Labute approximate surface area is 122 Å². The molecule has 21 heavy (non-hydrogen) atoms. The van der Waals surface area contributed by atoms with Gasteiger partial charge >= 0.3 is 6.09 Å². The van der Waals surface area contributed by atoms with Crippen LogP contribution in [0.25, 0.3) is 11.1 Å². The molecule has 0 radical (unpaired) electrons. The van der Waals surface area contributed by atoms with E-state index in [1.165, 1.54) is 9.30 Å². The fraction of sp³-hybridized carbons (Fsp3) is 0. The predicted octanol–water partition coefficient (Wildman–Crippen LogP) is 2.03. The van der Waals surface area contributed by atoms with Gasteiger partial charge in [0.15, 0.2) is 12.4 Å². The predicted molar refractivity (Wildman–Crippen MR) is 76.1 cm³/mol. The Bertz CT molecular complexity index is 726. The first-order chi connectivity index (χ1) is 10.3. The van der Waals surface area contributed by atoms with Gasteiger partial charge in [0.25, 0.3) is 0 Å². The minimum absolute atomic E-state index is 0.465. The number of carbonyl (C=O) groups excluding carboxylic acids is 1. The molecule has 0 saturated heterocycles. The van der Waals surface area contributed by atoms with Crippen molar-refractivity contribution in [2.75, 3.05) is 0 Å². The van der Waals surface area contributed by atoms with Crippen molar-refractivity contribution >= 4 is 6.09 Å². The molecule has 0 atom stereocenters. The van der Waals surface area contributed by atoms with Gasteiger partial charge in [-0.3, -0.25) is 0 Å². The molecule has 0 amide bonds. The van der Waals surface area contributed by atoms with Crippen molar-refractivity contribution in [3.05, 3.63) is 85.5 Å². The number of benzene rings is 1. The van der Waals surface area contributed by atoms with Crippen molar-refractivity contribution < 1.29 is 18.9 Å². The molecule has 3 aromatic rings. The lowest BCUT2D eigenvalue weighted by Gasteiger charge is -1.98. The number of pyridine rings is 2. The highest BCUT2D eigenvalue weighted by molar-refractivity contribution is 5.62. The summed E-state index contributed by atoms with van der Waals surface area (Å²) in [5, 5.41) is 0. The maximum absolute atomic E-state index is 11.9. The molecule has 3 rings (SSSR count). The van der Waals surface area contributed by atoms with Gasteiger partial charge in [0.2, 0.25) is 12.4 Å². The number of carbonyl (C=O) groups is 1. The summed E-state index contributed by atoms with van der Waals surface area (Å²) in [4.78, 5) is 17.1. The highest BCUT2D eigenvalue weighted by Crippen LogP contribution is 2.16. The van der Waals surface area contributed by atoms with Crippen molar-refractivity contribution in [3.8, 4) is 11.1 Å². The van der Waals surface area contributed by atoms with Crippen molar-refractivity contribution in [2.45, 2.75) is 0 Å². The van der Waals surface area contributed by atoms with E-state index >= 15 is 0 Å². The van der Waals surface area contributed by atoms with Crippen LogP contribution in [0.1, 0.15) is 0 Å². The molecule has 0 spiro atoms. The van der Waals surface area contributed by atoms with E-state index in [1.807, 2.05) is 48.5 Å². The molecule has 4 heteroatoms. The van der Waals surface area contributed by atoms with Crippen LogP contribution in [-0.2, 0) is 0 Å². The molecule has 4 nitrogen and oxygen atoms in total. The largest absolute Gasteiger partial charge is 0.661 e. The minimum atomic E-state index is -0.465. The Balaban J connectivity index is 1.75. The second kappa shape index (κ2) is 5.96. The monoisotopic (exact) mass is 278 g/mol. The van der Waals surface area contributed by atoms with E-state index in [4.69, 9.17) is 4.84 Å². The molecule has 2 heterocycles. The van der Waals surface area contributed by atoms with Gasteiger partial charge in [0.05, 0.1) is 0 Å². The van der Waals surface area contributed by atoms with Crippen LogP contribution in [0.3, 0.4) is 0 Å². The van der Waals surface area contributed by atoms with Crippen molar-refractivity contribution in [1.29, 1.82) is 0 Å². The third kappa shape index (κ3) is 3.12. The van der Waals surface area contributed by atoms with Gasteiger partial charge in [-0.15, -0.1) is 4.84 Å². The number of hydrogen-bond acceptors (Lipinski definition) is 2. The second-order valence-corrected chi connectivity index (χ2v) is 4.45. The number of hydrogen-bond donors (Lipinski definition) is 0. The molecule has 102 valence electrons. The summed E-state index contributed by atoms with van der Waals surface area (Å²) >= 11 is 0. The van der Waals surface area contributed by atoms with E-state index in [0.29, 0.717) is 0 Å². The summed E-state index contributed by atoms with van der Waals surface area (Å²) in [6, 6.07) is 19.2. The molecular formula is C17H14N2O2+2. The molecule has 0 saturated carbocycles. The fourth-order valence-electron chi connectivity index (χ4n) is 1.95. The Morgan fingerprint density at radius 3 is 1.95 bits per heavy atom. The van der Waals surface area contributed by atoms with Gasteiger partial charge in [0, 0.05) is 29.0 Å². The highest BCUT2D eigenvalue weighted by Gasteiger charge is 2.21. The van der Waals surface area contributed by atoms with E-state index in [1.54, 1.807) is 36.9 Å². The molecule has 0 unspecified atom stereocenters. The fourth-order valence-corrected chi connectivity index (χ4v) is 1.95. The molecule has 0 fully saturated rings. The Morgan fingerprint density at radius 1 is 0.714 bits per heavy atom. The van der Waals surface area contributed by atoms with E-state index in [9.17, 15) is 4.79 Å². The standard InChI is InChI=1S/C17H14N2O2/c20-17(18-11-5-2-6-12-18)21-19-13-9-16(10-14-19)15-7-3-1-4-8-15/h1-14H/q+2. The lowest BCUT2D eigenvalue weighted by atomic mass is 10.1. The lowest BCUT2D eigenvalue weighted by Crippen LogP contribution is -2.56. The van der Waals surface area contributed by atoms with Crippen LogP contribution >= 0.6 is 0 Å². The van der Waals surface area contributed by atoms with Crippen molar-refractivity contribution in [2.24, 2.45) is 0 Å². The van der Waals surface area contributed by atoms with Crippen LogP contribution in [0.15, 0.2) is 85.5 Å². The highest BCUT2D eigenvalue weighted by atomic mass is 16.7. The average molecular weight is 278 g/mol. The summed E-state index contributed by atoms with van der Waals surface area (Å²) in [5.41, 5.74) is 2.18. The molecular weight excluding hydrogens is 264 g/mol. The third-order valence-electron chi connectivity index (χ3n) is 3.02. The summed E-state index contributed by atoms with van der Waals surface area (Å²) < 4.78 is 2.76. The topological polar surface area (TPSA) is 34.1 Å². The number of rotatable bonds is 2. The quantitative estimate of drug-likeness (QED) is 0.672. The Kier molecular flexibility index (Phi) is 3.69. The van der Waals surface area contributed by atoms with Crippen LogP contribution in [0.4, 0.5) is 4.79 Å². The molecule has 2 aromatic heterocycles. The van der Waals surface area contributed by atoms with Crippen LogP contribution in [-0.4, -0.2) is 6.09 Å². The Morgan fingerprint density at radius 2 is 1.29 bits per heavy atom. The summed E-state index contributed by atoms with van der Waals surface area (Å²) in [6.07, 6.45) is 6.24. The van der Waals surface area contributed by atoms with Crippen molar-refractivity contribution in [3.63, 3.8) is 0 Å². The number of aromatic nitrogens is 2. The third-order valence-corrected chi connectivity index (χ3v) is 3.02. The first kappa shape index (κ1) is 13.0. The molecule has 1 aromatic carbocycles. The second-order valence-electron chi connectivity index (χ2n) is 4.45. The first-order valence-corrected chi connectivity index (χ1v) is 6.59. The normalized spacial score (nSPS) is 10.1. The van der Waals surface area contributed by atoms with Crippen LogP contribution in [0, 0.1) is 0 Å². The molecule has 0 N–H and O–H groups in total. The summed E-state index contributed by atoms with van der Waals surface area (Å²) in [5.74, 6) is 0. The van der Waals surface area contributed by atoms with Gasteiger partial charge in [-0.1, -0.05) is 41.0 Å². The maximum atomic E-state index is 11.9. The average Bonchev–Trinajstić information content (AvgIpc) is 2.57. The zero-order chi connectivity index (χ0) is 14.5. The van der Waals surface area contributed by atoms with Crippen LogP contribution in [0.5, 0.6) is 0 Å².